The second-order valence-corrected chi connectivity index (χ2v) is 6.40. The van der Waals surface area contributed by atoms with Gasteiger partial charge in [0.15, 0.2) is 6.61 Å². The molecule has 0 fully saturated rings. The number of amides is 1. The lowest BCUT2D eigenvalue weighted by molar-refractivity contribution is -0.118. The van der Waals surface area contributed by atoms with E-state index in [1.165, 1.54) is 18.2 Å². The van der Waals surface area contributed by atoms with Crippen molar-refractivity contribution < 1.29 is 23.1 Å². The van der Waals surface area contributed by atoms with Crippen LogP contribution in [0.4, 0.5) is 5.69 Å². The van der Waals surface area contributed by atoms with Crippen LogP contribution in [0.1, 0.15) is 6.92 Å². The molecule has 1 aromatic carbocycles. The predicted molar refractivity (Wildman–Crippen MR) is 72.0 cm³/mol. The Balaban J connectivity index is 2.20. The molecule has 1 unspecified atom stereocenters. The second kappa shape index (κ2) is 5.78. The Morgan fingerprint density at radius 3 is 2.95 bits per heavy atom. The number of hydrogen-bond donors (Lipinski definition) is 3. The first-order chi connectivity index (χ1) is 9.42. The molecule has 8 heteroatoms. The number of aliphatic hydroxyl groups excluding tert-OH is 1. The summed E-state index contributed by atoms with van der Waals surface area (Å²) in [4.78, 5) is 11.2. The molecule has 0 bridgehead atoms. The highest BCUT2D eigenvalue weighted by molar-refractivity contribution is 7.89. The fourth-order valence-electron chi connectivity index (χ4n) is 1.63. The molecule has 1 aliphatic rings. The van der Waals surface area contributed by atoms with Crippen LogP contribution in [0.15, 0.2) is 23.1 Å². The summed E-state index contributed by atoms with van der Waals surface area (Å²) in [5.74, 6) is -0.0633. The van der Waals surface area contributed by atoms with E-state index in [9.17, 15) is 13.2 Å². The van der Waals surface area contributed by atoms with Crippen LogP contribution in [0.2, 0.25) is 0 Å². The molecular formula is C12H16N2O5S. The molecule has 0 aromatic heterocycles. The van der Waals surface area contributed by atoms with Crippen molar-refractivity contribution >= 4 is 21.6 Å². The molecule has 0 radical (unpaired) electrons. The number of carbonyl (C=O) groups is 1. The summed E-state index contributed by atoms with van der Waals surface area (Å²) in [5.41, 5.74) is 0.333. The summed E-state index contributed by atoms with van der Waals surface area (Å²) in [7, 11) is -3.68. The van der Waals surface area contributed by atoms with E-state index < -0.39 is 10.0 Å². The van der Waals surface area contributed by atoms with E-state index in [-0.39, 0.29) is 36.5 Å². The molecule has 2 rings (SSSR count). The van der Waals surface area contributed by atoms with Crippen molar-refractivity contribution in [3.8, 4) is 5.75 Å². The van der Waals surface area contributed by atoms with E-state index in [2.05, 4.69) is 10.0 Å². The zero-order valence-electron chi connectivity index (χ0n) is 10.9. The number of ether oxygens (including phenoxy) is 1. The number of hydrogen-bond acceptors (Lipinski definition) is 5. The number of anilines is 1. The van der Waals surface area contributed by atoms with Crippen LogP contribution in [-0.2, 0) is 14.8 Å². The van der Waals surface area contributed by atoms with E-state index in [1.54, 1.807) is 6.92 Å². The molecule has 3 N–H and O–H groups in total. The lowest BCUT2D eigenvalue weighted by Crippen LogP contribution is -2.30. The number of benzene rings is 1. The van der Waals surface area contributed by atoms with Gasteiger partial charge in [-0.3, -0.25) is 4.79 Å². The molecule has 0 saturated carbocycles. The maximum atomic E-state index is 12.1. The molecule has 20 heavy (non-hydrogen) atoms. The molecule has 0 spiro atoms. The standard InChI is InChI=1S/C12H16N2O5S/c1-8(6-15)5-13-20(17,18)9-2-3-11-10(4-9)14-12(16)7-19-11/h2-4,8,13,15H,5-7H2,1H3,(H,14,16). The van der Waals surface area contributed by atoms with Gasteiger partial charge in [0, 0.05) is 13.2 Å². The first-order valence-corrected chi connectivity index (χ1v) is 7.58. The summed E-state index contributed by atoms with van der Waals surface area (Å²) in [5, 5.41) is 11.4. The van der Waals surface area contributed by atoms with Crippen molar-refractivity contribution in [1.29, 1.82) is 0 Å². The minimum Gasteiger partial charge on any atom is -0.482 e. The third-order valence-corrected chi connectivity index (χ3v) is 4.25. The molecule has 1 aromatic rings. The van der Waals surface area contributed by atoms with Gasteiger partial charge in [0.25, 0.3) is 5.91 Å². The van der Waals surface area contributed by atoms with Crippen LogP contribution < -0.4 is 14.8 Å². The Bertz CT molecular complexity index is 614. The fraction of sp³-hybridized carbons (Fsp3) is 0.417. The molecule has 0 aliphatic carbocycles. The van der Waals surface area contributed by atoms with E-state index in [0.717, 1.165) is 0 Å². The van der Waals surface area contributed by atoms with Crippen molar-refractivity contribution in [3.05, 3.63) is 18.2 Å². The van der Waals surface area contributed by atoms with Crippen molar-refractivity contribution in [2.24, 2.45) is 5.92 Å². The molecule has 1 atom stereocenters. The number of rotatable bonds is 5. The summed E-state index contributed by atoms with van der Waals surface area (Å²) >= 11 is 0. The summed E-state index contributed by atoms with van der Waals surface area (Å²) in [6.07, 6.45) is 0. The maximum absolute atomic E-state index is 12.1. The highest BCUT2D eigenvalue weighted by Crippen LogP contribution is 2.29. The van der Waals surface area contributed by atoms with E-state index >= 15 is 0 Å². The Morgan fingerprint density at radius 2 is 2.25 bits per heavy atom. The lowest BCUT2D eigenvalue weighted by atomic mass is 10.2. The average Bonchev–Trinajstić information content (AvgIpc) is 2.44. The summed E-state index contributed by atoms with van der Waals surface area (Å²) in [6.45, 7) is 1.68. The van der Waals surface area contributed by atoms with Crippen LogP contribution >= 0.6 is 0 Å². The van der Waals surface area contributed by atoms with E-state index in [1.807, 2.05) is 0 Å². The van der Waals surface area contributed by atoms with Crippen molar-refractivity contribution in [2.45, 2.75) is 11.8 Å². The first-order valence-electron chi connectivity index (χ1n) is 6.09. The van der Waals surface area contributed by atoms with Crippen LogP contribution in [0.5, 0.6) is 5.75 Å². The third-order valence-electron chi connectivity index (χ3n) is 2.83. The number of sulfonamides is 1. The van der Waals surface area contributed by atoms with Gasteiger partial charge in [-0.15, -0.1) is 0 Å². The quantitative estimate of drug-likeness (QED) is 0.705. The molecule has 1 amide bonds. The van der Waals surface area contributed by atoms with E-state index in [4.69, 9.17) is 9.84 Å². The normalized spacial score (nSPS) is 16.0. The monoisotopic (exact) mass is 300 g/mol. The predicted octanol–water partition coefficient (Wildman–Crippen LogP) is -0.0758. The Hall–Kier alpha value is -1.64. The lowest BCUT2D eigenvalue weighted by Gasteiger charge is -2.18. The van der Waals surface area contributed by atoms with Crippen molar-refractivity contribution in [2.75, 3.05) is 25.1 Å². The summed E-state index contributed by atoms with van der Waals surface area (Å²) < 4.78 is 31.7. The maximum Gasteiger partial charge on any atom is 0.262 e. The van der Waals surface area contributed by atoms with Crippen LogP contribution in [0.3, 0.4) is 0 Å². The van der Waals surface area contributed by atoms with Gasteiger partial charge in [0.2, 0.25) is 10.0 Å². The van der Waals surface area contributed by atoms with E-state index in [0.29, 0.717) is 11.4 Å². The number of nitrogens with one attached hydrogen (secondary N) is 2. The van der Waals surface area contributed by atoms with Gasteiger partial charge in [0.05, 0.1) is 10.6 Å². The van der Waals surface area contributed by atoms with Crippen molar-refractivity contribution in [3.63, 3.8) is 0 Å². The largest absolute Gasteiger partial charge is 0.482 e. The zero-order chi connectivity index (χ0) is 14.8. The van der Waals surface area contributed by atoms with Crippen LogP contribution in [0.25, 0.3) is 0 Å². The molecular weight excluding hydrogens is 284 g/mol. The highest BCUT2D eigenvalue weighted by atomic mass is 32.2. The molecule has 1 heterocycles. The van der Waals surface area contributed by atoms with Gasteiger partial charge < -0.3 is 15.2 Å². The smallest absolute Gasteiger partial charge is 0.262 e. The zero-order valence-corrected chi connectivity index (χ0v) is 11.7. The van der Waals surface area contributed by atoms with Gasteiger partial charge in [-0.2, -0.15) is 0 Å². The van der Waals surface area contributed by atoms with Gasteiger partial charge in [-0.05, 0) is 24.1 Å². The minimum atomic E-state index is -3.68. The average molecular weight is 300 g/mol. The first kappa shape index (κ1) is 14.8. The van der Waals surface area contributed by atoms with Gasteiger partial charge in [0.1, 0.15) is 5.75 Å². The minimum absolute atomic E-state index is 0.0344. The number of fused-ring (bicyclic) bond motifs is 1. The number of aliphatic hydroxyl groups is 1. The fourth-order valence-corrected chi connectivity index (χ4v) is 2.82. The topological polar surface area (TPSA) is 105 Å². The van der Waals surface area contributed by atoms with Gasteiger partial charge in [-0.1, -0.05) is 6.92 Å². The summed E-state index contributed by atoms with van der Waals surface area (Å²) in [6, 6.07) is 4.25. The Morgan fingerprint density at radius 1 is 1.50 bits per heavy atom. The SMILES string of the molecule is CC(CO)CNS(=O)(=O)c1ccc2c(c1)NC(=O)CO2. The molecule has 0 saturated heterocycles. The molecule has 1 aliphatic heterocycles. The number of carbonyl (C=O) groups excluding carboxylic acids is 1. The Labute approximate surface area is 117 Å². The van der Waals surface area contributed by atoms with Crippen LogP contribution in [-0.4, -0.2) is 39.2 Å². The van der Waals surface area contributed by atoms with Gasteiger partial charge in [-0.25, -0.2) is 13.1 Å². The molecule has 110 valence electrons. The van der Waals surface area contributed by atoms with Crippen molar-refractivity contribution in [1.82, 2.24) is 4.72 Å². The van der Waals surface area contributed by atoms with Crippen LogP contribution in [0, 0.1) is 5.92 Å². The second-order valence-electron chi connectivity index (χ2n) is 4.63. The highest BCUT2D eigenvalue weighted by Gasteiger charge is 2.21. The Kier molecular flexibility index (Phi) is 4.26. The van der Waals surface area contributed by atoms with Gasteiger partial charge >= 0.3 is 0 Å². The molecule has 7 nitrogen and oxygen atoms in total. The third kappa shape index (κ3) is 3.27.